The second-order valence-corrected chi connectivity index (χ2v) is 7.71. The summed E-state index contributed by atoms with van der Waals surface area (Å²) in [7, 11) is 2.05. The van der Waals surface area contributed by atoms with Gasteiger partial charge in [0.2, 0.25) is 0 Å². The summed E-state index contributed by atoms with van der Waals surface area (Å²) in [6.45, 7) is 2.98. The Morgan fingerprint density at radius 1 is 0.840 bits per heavy atom. The van der Waals surface area contributed by atoms with Gasteiger partial charge in [0.25, 0.3) is 5.91 Å². The molecular weight excluding hydrogens is 379 g/mol. The smallest absolute Gasteiger partial charge is 0.252 e. The Kier molecular flexibility index (Phi) is 5.59. The van der Waals surface area contributed by atoms with Gasteiger partial charge in [-0.3, -0.25) is 4.79 Å². The Morgan fingerprint density at radius 2 is 1.24 bits per heavy atom. The standard InChI is InChI=1S/C19H19Cl3N2O/c1-23-10-12-24(13-11-23)18(25)19(22,14-2-6-16(20)7-3-14)15-4-8-17(21)9-5-15/h2-9H,10-13H2,1H3. The van der Waals surface area contributed by atoms with Gasteiger partial charge in [-0.1, -0.05) is 59.1 Å². The van der Waals surface area contributed by atoms with E-state index in [1.54, 1.807) is 48.5 Å². The van der Waals surface area contributed by atoms with Gasteiger partial charge in [0.05, 0.1) is 0 Å². The third-order valence-electron chi connectivity index (χ3n) is 4.57. The molecule has 1 saturated heterocycles. The number of hydrogen-bond donors (Lipinski definition) is 0. The predicted molar refractivity (Wildman–Crippen MR) is 104 cm³/mol. The number of nitrogens with zero attached hydrogens (tertiary/aromatic N) is 2. The molecule has 2 aromatic rings. The van der Waals surface area contributed by atoms with Crippen LogP contribution in [0.5, 0.6) is 0 Å². The van der Waals surface area contributed by atoms with Crippen molar-refractivity contribution in [3.8, 4) is 0 Å². The zero-order valence-electron chi connectivity index (χ0n) is 13.9. The van der Waals surface area contributed by atoms with Gasteiger partial charge in [-0.15, -0.1) is 0 Å². The molecule has 1 aliphatic rings. The fourth-order valence-electron chi connectivity index (χ4n) is 3.00. The lowest BCUT2D eigenvalue weighted by Gasteiger charge is -2.38. The minimum Gasteiger partial charge on any atom is -0.338 e. The molecule has 0 unspecified atom stereocenters. The summed E-state index contributed by atoms with van der Waals surface area (Å²) in [5.74, 6) is -0.119. The van der Waals surface area contributed by atoms with Gasteiger partial charge in [-0.05, 0) is 42.4 Å². The van der Waals surface area contributed by atoms with Crippen LogP contribution in [-0.4, -0.2) is 48.9 Å². The molecule has 0 atom stereocenters. The summed E-state index contributed by atoms with van der Waals surface area (Å²) in [6, 6.07) is 14.2. The van der Waals surface area contributed by atoms with Gasteiger partial charge in [0.1, 0.15) is 0 Å². The Bertz CT molecular complexity index is 693. The Morgan fingerprint density at radius 3 is 1.64 bits per heavy atom. The first-order chi connectivity index (χ1) is 11.9. The summed E-state index contributed by atoms with van der Waals surface area (Å²) in [5.41, 5.74) is 1.40. The van der Waals surface area contributed by atoms with E-state index in [0.29, 0.717) is 34.3 Å². The highest BCUT2D eigenvalue weighted by Gasteiger charge is 2.43. The van der Waals surface area contributed by atoms with Crippen LogP contribution in [0.15, 0.2) is 48.5 Å². The molecule has 0 aliphatic carbocycles. The van der Waals surface area contributed by atoms with E-state index in [-0.39, 0.29) is 5.91 Å². The molecule has 1 heterocycles. The van der Waals surface area contributed by atoms with E-state index in [1.807, 2.05) is 11.9 Å². The van der Waals surface area contributed by atoms with Crippen molar-refractivity contribution in [2.75, 3.05) is 33.2 Å². The lowest BCUT2D eigenvalue weighted by atomic mass is 9.88. The maximum atomic E-state index is 13.4. The number of piperazine rings is 1. The molecule has 132 valence electrons. The number of carbonyl (C=O) groups excluding carboxylic acids is 1. The summed E-state index contributed by atoms with van der Waals surface area (Å²) >= 11 is 19.0. The lowest BCUT2D eigenvalue weighted by molar-refractivity contribution is -0.134. The Hall–Kier alpha value is -1.26. The van der Waals surface area contributed by atoms with Crippen LogP contribution in [0.4, 0.5) is 0 Å². The fourth-order valence-corrected chi connectivity index (χ4v) is 3.62. The number of likely N-dealkylation sites (N-methyl/N-ethyl adjacent to an activating group) is 1. The van der Waals surface area contributed by atoms with E-state index < -0.39 is 4.87 Å². The van der Waals surface area contributed by atoms with Crippen molar-refractivity contribution in [3.63, 3.8) is 0 Å². The van der Waals surface area contributed by atoms with Crippen LogP contribution in [0.1, 0.15) is 11.1 Å². The number of benzene rings is 2. The molecule has 2 aromatic carbocycles. The van der Waals surface area contributed by atoms with E-state index in [0.717, 1.165) is 13.1 Å². The predicted octanol–water partition coefficient (Wildman–Crippen LogP) is 4.25. The van der Waals surface area contributed by atoms with Crippen molar-refractivity contribution in [2.45, 2.75) is 4.87 Å². The monoisotopic (exact) mass is 396 g/mol. The van der Waals surface area contributed by atoms with Crippen molar-refractivity contribution >= 4 is 40.7 Å². The van der Waals surface area contributed by atoms with Crippen LogP contribution in [0.3, 0.4) is 0 Å². The molecule has 0 bridgehead atoms. The average Bonchev–Trinajstić information content (AvgIpc) is 2.62. The zero-order chi connectivity index (χ0) is 18.0. The number of rotatable bonds is 3. The molecule has 1 aliphatic heterocycles. The largest absolute Gasteiger partial charge is 0.338 e. The molecule has 3 rings (SSSR count). The van der Waals surface area contributed by atoms with Gasteiger partial charge in [-0.2, -0.15) is 0 Å². The highest BCUT2D eigenvalue weighted by molar-refractivity contribution is 6.37. The fraction of sp³-hybridized carbons (Fsp3) is 0.316. The van der Waals surface area contributed by atoms with Crippen LogP contribution in [0.25, 0.3) is 0 Å². The van der Waals surface area contributed by atoms with E-state index in [1.165, 1.54) is 0 Å². The van der Waals surface area contributed by atoms with Crippen molar-refractivity contribution in [2.24, 2.45) is 0 Å². The van der Waals surface area contributed by atoms with Crippen LogP contribution >= 0.6 is 34.8 Å². The maximum Gasteiger partial charge on any atom is 0.252 e. The van der Waals surface area contributed by atoms with Crippen LogP contribution in [-0.2, 0) is 9.67 Å². The molecule has 0 saturated carbocycles. The van der Waals surface area contributed by atoms with Gasteiger partial charge < -0.3 is 9.80 Å². The quantitative estimate of drug-likeness (QED) is 0.723. The van der Waals surface area contributed by atoms with E-state index in [4.69, 9.17) is 34.8 Å². The molecule has 3 nitrogen and oxygen atoms in total. The summed E-state index contributed by atoms with van der Waals surface area (Å²) in [6.07, 6.45) is 0. The molecule has 1 fully saturated rings. The van der Waals surface area contributed by atoms with E-state index in [9.17, 15) is 4.79 Å². The van der Waals surface area contributed by atoms with Gasteiger partial charge in [-0.25, -0.2) is 0 Å². The Balaban J connectivity index is 2.03. The number of alkyl halides is 1. The van der Waals surface area contributed by atoms with Gasteiger partial charge >= 0.3 is 0 Å². The molecule has 6 heteroatoms. The van der Waals surface area contributed by atoms with Crippen LogP contribution in [0, 0.1) is 0 Å². The van der Waals surface area contributed by atoms with E-state index >= 15 is 0 Å². The highest BCUT2D eigenvalue weighted by Crippen LogP contribution is 2.39. The van der Waals surface area contributed by atoms with Crippen molar-refractivity contribution in [1.29, 1.82) is 0 Å². The molecule has 25 heavy (non-hydrogen) atoms. The topological polar surface area (TPSA) is 23.6 Å². The third kappa shape index (κ3) is 3.80. The van der Waals surface area contributed by atoms with Crippen molar-refractivity contribution in [3.05, 3.63) is 69.7 Å². The van der Waals surface area contributed by atoms with Gasteiger partial charge in [0.15, 0.2) is 4.87 Å². The lowest BCUT2D eigenvalue weighted by Crippen LogP contribution is -2.52. The highest BCUT2D eigenvalue weighted by atomic mass is 35.5. The number of hydrogen-bond acceptors (Lipinski definition) is 2. The first-order valence-corrected chi connectivity index (χ1v) is 9.23. The second-order valence-electron chi connectivity index (χ2n) is 6.27. The molecule has 0 aromatic heterocycles. The average molecular weight is 398 g/mol. The Labute approximate surface area is 163 Å². The number of amides is 1. The van der Waals surface area contributed by atoms with Crippen molar-refractivity contribution in [1.82, 2.24) is 9.80 Å². The molecule has 1 amide bonds. The first-order valence-electron chi connectivity index (χ1n) is 8.10. The molecule has 0 radical (unpaired) electrons. The van der Waals surface area contributed by atoms with Gasteiger partial charge in [0, 0.05) is 36.2 Å². The summed E-state index contributed by atoms with van der Waals surface area (Å²) < 4.78 is 0. The summed E-state index contributed by atoms with van der Waals surface area (Å²) in [4.78, 5) is 16.1. The number of carbonyl (C=O) groups is 1. The van der Waals surface area contributed by atoms with Crippen LogP contribution < -0.4 is 0 Å². The normalized spacial score (nSPS) is 16.1. The molecule has 0 N–H and O–H groups in total. The third-order valence-corrected chi connectivity index (χ3v) is 5.67. The minimum absolute atomic E-state index is 0.119. The first kappa shape index (κ1) is 18.5. The second kappa shape index (κ2) is 7.55. The number of halogens is 3. The molecular formula is C19H19Cl3N2O. The van der Waals surface area contributed by atoms with E-state index in [2.05, 4.69) is 4.90 Å². The maximum absolute atomic E-state index is 13.4. The SMILES string of the molecule is CN1CCN(C(=O)C(Cl)(c2ccc(Cl)cc2)c2ccc(Cl)cc2)CC1. The van der Waals surface area contributed by atoms with Crippen molar-refractivity contribution < 1.29 is 4.79 Å². The van der Waals surface area contributed by atoms with Crippen LogP contribution in [0.2, 0.25) is 10.0 Å². The molecule has 0 spiro atoms. The zero-order valence-corrected chi connectivity index (χ0v) is 16.2. The summed E-state index contributed by atoms with van der Waals surface area (Å²) in [5, 5.41) is 1.21. The minimum atomic E-state index is -1.30.